The van der Waals surface area contributed by atoms with Crippen LogP contribution in [0.1, 0.15) is 24.0 Å². The summed E-state index contributed by atoms with van der Waals surface area (Å²) in [7, 11) is -1.13. The van der Waals surface area contributed by atoms with E-state index in [9.17, 15) is 0 Å². The largest absolute Gasteiger partial charge is 0.371 e. The van der Waals surface area contributed by atoms with Crippen LogP contribution in [0.3, 0.4) is 0 Å². The Kier molecular flexibility index (Phi) is 6.78. The molecule has 0 N–H and O–H groups in total. The Hall–Kier alpha value is -1.46. The number of aromatic nitrogens is 4. The molecule has 0 spiro atoms. The lowest BCUT2D eigenvalue weighted by Gasteiger charge is -2.15. The molecule has 0 amide bonds. The molecule has 1 unspecified atom stereocenters. The van der Waals surface area contributed by atoms with Crippen LogP contribution in [0.15, 0.2) is 33.9 Å². The Labute approximate surface area is 189 Å². The Morgan fingerprint density at radius 1 is 1.33 bits per heavy atom. The van der Waals surface area contributed by atoms with Crippen molar-refractivity contribution in [1.29, 1.82) is 0 Å². The second kappa shape index (κ2) is 9.35. The van der Waals surface area contributed by atoms with E-state index in [0.717, 1.165) is 57.4 Å². The van der Waals surface area contributed by atoms with Crippen molar-refractivity contribution in [3.63, 3.8) is 0 Å². The highest BCUT2D eigenvalue weighted by Gasteiger charge is 2.22. The van der Waals surface area contributed by atoms with Gasteiger partial charge in [0.05, 0.1) is 11.0 Å². The lowest BCUT2D eigenvalue weighted by Crippen LogP contribution is -2.24. The van der Waals surface area contributed by atoms with Crippen molar-refractivity contribution < 1.29 is 9.47 Å². The average Bonchev–Trinajstić information content (AvgIpc) is 3.34. The van der Waals surface area contributed by atoms with E-state index in [1.807, 2.05) is 22.9 Å². The van der Waals surface area contributed by atoms with Crippen LogP contribution in [0.5, 0.6) is 0 Å². The van der Waals surface area contributed by atoms with E-state index in [2.05, 4.69) is 45.5 Å². The van der Waals surface area contributed by atoms with Crippen molar-refractivity contribution in [2.45, 2.75) is 51.4 Å². The first-order valence-electron chi connectivity index (χ1n) is 10.1. The fourth-order valence-corrected chi connectivity index (χ4v) is 5.11. The van der Waals surface area contributed by atoms with Crippen LogP contribution >= 0.6 is 27.3 Å². The molecule has 1 fully saturated rings. The predicted molar refractivity (Wildman–Crippen MR) is 125 cm³/mol. The van der Waals surface area contributed by atoms with E-state index < -0.39 is 8.07 Å². The summed E-state index contributed by atoms with van der Waals surface area (Å²) in [5, 5.41) is 5.70. The van der Waals surface area contributed by atoms with Crippen molar-refractivity contribution >= 4 is 52.2 Å². The number of fused-ring (bicyclic) bond motifs is 1. The minimum Gasteiger partial charge on any atom is -0.371 e. The summed E-state index contributed by atoms with van der Waals surface area (Å²) >= 11 is 5.00. The molecular weight excluding hydrogens is 482 g/mol. The maximum Gasteiger partial charge on any atom is 0.212 e. The third kappa shape index (κ3) is 5.61. The molecule has 160 valence electrons. The Morgan fingerprint density at radius 2 is 2.20 bits per heavy atom. The van der Waals surface area contributed by atoms with Gasteiger partial charge in [-0.05, 0) is 53.0 Å². The van der Waals surface area contributed by atoms with Crippen molar-refractivity contribution in [1.82, 2.24) is 19.7 Å². The quantitative estimate of drug-likeness (QED) is 0.330. The predicted octanol–water partition coefficient (Wildman–Crippen LogP) is 5.05. The molecule has 30 heavy (non-hydrogen) atoms. The van der Waals surface area contributed by atoms with E-state index in [0.29, 0.717) is 12.5 Å². The molecule has 0 saturated carbocycles. The first-order chi connectivity index (χ1) is 14.4. The minimum absolute atomic E-state index is 0.0527. The molecule has 1 atom stereocenters. The summed E-state index contributed by atoms with van der Waals surface area (Å²) in [6.07, 6.45) is 3.88. The highest BCUT2D eigenvalue weighted by Crippen LogP contribution is 2.28. The third-order valence-electron chi connectivity index (χ3n) is 4.75. The maximum atomic E-state index is 5.94. The van der Waals surface area contributed by atoms with Gasteiger partial charge in [-0.25, -0.2) is 9.67 Å². The molecule has 3 aromatic heterocycles. The molecule has 4 rings (SSSR count). The fourth-order valence-electron chi connectivity index (χ4n) is 3.06. The number of hydrogen-bond acceptors (Lipinski definition) is 7. The van der Waals surface area contributed by atoms with Gasteiger partial charge in [-0.15, -0.1) is 0 Å². The summed E-state index contributed by atoms with van der Waals surface area (Å²) in [5.41, 5.74) is 1.64. The van der Waals surface area contributed by atoms with Crippen LogP contribution < -0.4 is 4.80 Å². The molecule has 0 bridgehead atoms. The van der Waals surface area contributed by atoms with Gasteiger partial charge in [0.1, 0.15) is 17.8 Å². The molecule has 10 heteroatoms. The normalized spacial score (nSPS) is 17.9. The Bertz CT molecular complexity index is 1090. The van der Waals surface area contributed by atoms with Crippen LogP contribution in [-0.4, -0.2) is 41.0 Å². The van der Waals surface area contributed by atoms with Crippen LogP contribution in [0.25, 0.3) is 11.0 Å². The summed E-state index contributed by atoms with van der Waals surface area (Å²) in [5.74, 6) is 0.626. The van der Waals surface area contributed by atoms with Crippen LogP contribution in [0, 0.1) is 0 Å². The van der Waals surface area contributed by atoms with Gasteiger partial charge in [-0.3, -0.25) is 4.98 Å². The summed E-state index contributed by atoms with van der Waals surface area (Å²) in [6, 6.07) is 6.88. The van der Waals surface area contributed by atoms with E-state index in [-0.39, 0.29) is 6.10 Å². The van der Waals surface area contributed by atoms with E-state index in [4.69, 9.17) is 19.6 Å². The van der Waals surface area contributed by atoms with E-state index >= 15 is 0 Å². The molecule has 1 aliphatic rings. The lowest BCUT2D eigenvalue weighted by atomic mass is 10.2. The standard InChI is InChI=1S/C20H26BrN5O2SSi/c1-30(2,3)10-9-27-13-26-20(29-19(25-26)17-5-4-8-28-17)24-18-7-6-15-16(23-18)11-14(21)12-22-15/h6-7,11-12,17H,4-5,8-10,13H2,1-3H3. The molecular formula is C20H26BrN5O2SSi. The van der Waals surface area contributed by atoms with Crippen LogP contribution in [0.2, 0.25) is 25.7 Å². The molecule has 4 heterocycles. The first kappa shape index (κ1) is 21.8. The number of rotatable bonds is 7. The zero-order valence-electron chi connectivity index (χ0n) is 17.5. The van der Waals surface area contributed by atoms with Gasteiger partial charge in [-0.2, -0.15) is 10.1 Å². The highest BCUT2D eigenvalue weighted by atomic mass is 79.9. The number of pyridine rings is 2. The number of nitrogens with zero attached hydrogens (tertiary/aromatic N) is 5. The number of halogens is 1. The maximum absolute atomic E-state index is 5.94. The third-order valence-corrected chi connectivity index (χ3v) is 7.93. The van der Waals surface area contributed by atoms with Crippen molar-refractivity contribution in [3.05, 3.63) is 38.7 Å². The minimum atomic E-state index is -1.13. The molecule has 7 nitrogen and oxygen atoms in total. The second-order valence-corrected chi connectivity index (χ2v) is 16.1. The summed E-state index contributed by atoms with van der Waals surface area (Å²) in [6.45, 7) is 8.96. The Balaban J connectivity index is 1.62. The van der Waals surface area contributed by atoms with Gasteiger partial charge in [0.25, 0.3) is 0 Å². The number of hydrogen-bond donors (Lipinski definition) is 0. The SMILES string of the molecule is C[Si](C)(C)CCOCn1nc(C2CCCO2)sc1=Nc1ccc2ncc(Br)cc2n1. The molecule has 1 aliphatic heterocycles. The van der Waals surface area contributed by atoms with E-state index in [1.54, 1.807) is 17.5 Å². The zero-order valence-corrected chi connectivity index (χ0v) is 20.9. The monoisotopic (exact) mass is 507 g/mol. The van der Waals surface area contributed by atoms with Gasteiger partial charge in [-0.1, -0.05) is 31.0 Å². The summed E-state index contributed by atoms with van der Waals surface area (Å²) in [4.78, 5) is 14.6. The van der Waals surface area contributed by atoms with Crippen molar-refractivity contribution in [3.8, 4) is 0 Å². The molecule has 0 aliphatic carbocycles. The fraction of sp³-hybridized carbons (Fsp3) is 0.500. The zero-order chi connectivity index (χ0) is 21.1. The molecule has 3 aromatic rings. The van der Waals surface area contributed by atoms with E-state index in [1.165, 1.54) is 0 Å². The lowest BCUT2D eigenvalue weighted by molar-refractivity contribution is 0.0725. The van der Waals surface area contributed by atoms with Crippen molar-refractivity contribution in [2.24, 2.45) is 4.99 Å². The summed E-state index contributed by atoms with van der Waals surface area (Å²) < 4.78 is 14.5. The van der Waals surface area contributed by atoms with Crippen LogP contribution in [0.4, 0.5) is 5.82 Å². The highest BCUT2D eigenvalue weighted by molar-refractivity contribution is 9.10. The number of ether oxygens (including phenoxy) is 2. The van der Waals surface area contributed by atoms with Gasteiger partial charge in [0.15, 0.2) is 5.82 Å². The Morgan fingerprint density at radius 3 is 2.97 bits per heavy atom. The van der Waals surface area contributed by atoms with Crippen LogP contribution in [-0.2, 0) is 16.2 Å². The van der Waals surface area contributed by atoms with Crippen molar-refractivity contribution in [2.75, 3.05) is 13.2 Å². The van der Waals surface area contributed by atoms with Gasteiger partial charge in [0, 0.05) is 32.0 Å². The first-order valence-corrected chi connectivity index (χ1v) is 15.4. The van der Waals surface area contributed by atoms with Gasteiger partial charge in [0.2, 0.25) is 4.80 Å². The molecule has 0 radical (unpaired) electrons. The smallest absolute Gasteiger partial charge is 0.212 e. The second-order valence-electron chi connectivity index (χ2n) is 8.55. The topological polar surface area (TPSA) is 74.4 Å². The molecule has 0 aromatic carbocycles. The average molecular weight is 509 g/mol. The van der Waals surface area contributed by atoms with Gasteiger partial charge >= 0.3 is 0 Å². The molecule has 1 saturated heterocycles. The van der Waals surface area contributed by atoms with Gasteiger partial charge < -0.3 is 9.47 Å².